The van der Waals surface area contributed by atoms with Crippen LogP contribution in [0.15, 0.2) is 59.1 Å². The predicted molar refractivity (Wildman–Crippen MR) is 97.9 cm³/mol. The van der Waals surface area contributed by atoms with Crippen LogP contribution in [-0.4, -0.2) is 12.6 Å². The second-order valence-electron chi connectivity index (χ2n) is 4.93. The van der Waals surface area contributed by atoms with Crippen molar-refractivity contribution >= 4 is 36.1 Å². The molecule has 1 aromatic heterocycles. The number of carbonyl (C=O) groups is 1. The summed E-state index contributed by atoms with van der Waals surface area (Å²) in [6.45, 7) is 4.13. The van der Waals surface area contributed by atoms with E-state index in [2.05, 4.69) is 24.8 Å². The Bertz CT molecular complexity index is 682. The maximum atomic E-state index is 12.3. The first-order valence-corrected chi connectivity index (χ1v) is 8.80. The summed E-state index contributed by atoms with van der Waals surface area (Å²) in [6.07, 6.45) is 3.70. The third kappa shape index (κ3) is 5.15. The van der Waals surface area contributed by atoms with Crippen LogP contribution in [0.2, 0.25) is 0 Å². The van der Waals surface area contributed by atoms with Gasteiger partial charge in [0, 0.05) is 17.9 Å². The monoisotopic (exact) mass is 346 g/mol. The Morgan fingerprint density at radius 3 is 2.43 bits per heavy atom. The first-order chi connectivity index (χ1) is 11.1. The number of hydrogen-bond acceptors (Lipinski definition) is 4. The second-order valence-corrected chi connectivity index (χ2v) is 6.67. The van der Waals surface area contributed by atoms with Gasteiger partial charge in [0.2, 0.25) is 0 Å². The Hall–Kier alpha value is -1.72. The molecule has 0 atom stereocenters. The van der Waals surface area contributed by atoms with Crippen molar-refractivity contribution in [3.8, 4) is 0 Å². The molecule has 2 rings (SSSR count). The zero-order valence-electron chi connectivity index (χ0n) is 13.2. The zero-order chi connectivity index (χ0) is 16.7. The number of rotatable bonds is 6. The highest BCUT2D eigenvalue weighted by Gasteiger charge is 2.25. The van der Waals surface area contributed by atoms with Crippen molar-refractivity contribution in [2.75, 3.05) is 6.61 Å². The highest BCUT2D eigenvalue weighted by molar-refractivity contribution is 8.15. The molecule has 0 aliphatic carbocycles. The minimum absolute atomic E-state index is 0.333. The van der Waals surface area contributed by atoms with Crippen molar-refractivity contribution in [3.05, 3.63) is 70.2 Å². The van der Waals surface area contributed by atoms with E-state index in [9.17, 15) is 4.79 Å². The van der Waals surface area contributed by atoms with Crippen LogP contribution in [0.1, 0.15) is 18.1 Å². The lowest BCUT2D eigenvalue weighted by Crippen LogP contribution is -2.37. The van der Waals surface area contributed by atoms with E-state index < -0.39 is 0 Å². The van der Waals surface area contributed by atoms with Gasteiger partial charge in [-0.3, -0.25) is 0 Å². The van der Waals surface area contributed by atoms with Crippen LogP contribution in [0.25, 0.3) is 5.70 Å². The molecule has 2 aromatic rings. The number of carbonyl (C=O) groups excluding carboxylic acids is 1. The predicted octanol–water partition coefficient (Wildman–Crippen LogP) is 3.83. The summed E-state index contributed by atoms with van der Waals surface area (Å²) in [5.74, 6) is 0.376. The summed E-state index contributed by atoms with van der Waals surface area (Å²) in [5, 5.41) is 0. The van der Waals surface area contributed by atoms with Crippen LogP contribution in [0.3, 0.4) is 0 Å². The number of nitrogens with zero attached hydrogens (tertiary/aromatic N) is 1. The lowest BCUT2D eigenvalue weighted by Gasteiger charge is -2.06. The first-order valence-electron chi connectivity index (χ1n) is 7.37. The molecule has 23 heavy (non-hydrogen) atoms. The lowest BCUT2D eigenvalue weighted by atomic mass is 10.2. The van der Waals surface area contributed by atoms with Crippen molar-refractivity contribution in [1.82, 2.24) is 0 Å². The molecule has 0 spiro atoms. The first kappa shape index (κ1) is 17.6. The average Bonchev–Trinajstić information content (AvgIpc) is 2.56. The molecule has 120 valence electrons. The van der Waals surface area contributed by atoms with Crippen molar-refractivity contribution in [2.24, 2.45) is 0 Å². The van der Waals surface area contributed by atoms with Crippen LogP contribution in [-0.2, 0) is 15.3 Å². The maximum Gasteiger partial charge on any atom is 0.405 e. The molecule has 0 unspecified atom stereocenters. The Labute approximate surface area is 146 Å². The molecule has 0 aliphatic rings. The number of ether oxygens (including phenoxy) is 1. The maximum absolute atomic E-state index is 12.3. The highest BCUT2D eigenvalue weighted by Crippen LogP contribution is 2.28. The minimum atomic E-state index is -0.369. The fourth-order valence-corrected chi connectivity index (χ4v) is 3.17. The van der Waals surface area contributed by atoms with Crippen LogP contribution in [0.4, 0.5) is 0 Å². The highest BCUT2D eigenvalue weighted by atomic mass is 32.2. The molecule has 0 fully saturated rings. The van der Waals surface area contributed by atoms with Gasteiger partial charge in [-0.25, -0.2) is 4.79 Å². The van der Waals surface area contributed by atoms with Crippen molar-refractivity contribution < 1.29 is 14.1 Å². The van der Waals surface area contributed by atoms with Gasteiger partial charge in [0.15, 0.2) is 12.4 Å². The van der Waals surface area contributed by atoms with Crippen molar-refractivity contribution in [2.45, 2.75) is 19.6 Å². The number of pyridine rings is 1. The normalized spacial score (nSPS) is 11.8. The van der Waals surface area contributed by atoms with Gasteiger partial charge in [0.05, 0.1) is 6.61 Å². The molecule has 0 aliphatic heterocycles. The molecular weight excluding hydrogens is 326 g/mol. The van der Waals surface area contributed by atoms with E-state index >= 15 is 0 Å². The summed E-state index contributed by atoms with van der Waals surface area (Å²) in [5.41, 5.74) is 2.75. The van der Waals surface area contributed by atoms with Crippen LogP contribution < -0.4 is 4.57 Å². The summed E-state index contributed by atoms with van der Waals surface area (Å²) in [7, 11) is 0. The molecule has 0 bridgehead atoms. The summed E-state index contributed by atoms with van der Waals surface area (Å²) >= 11 is 6.06. The zero-order valence-corrected chi connectivity index (χ0v) is 14.9. The molecule has 5 heteroatoms. The molecule has 0 N–H and O–H groups in total. The number of aryl methyl sites for hydroxylation is 1. The van der Waals surface area contributed by atoms with E-state index in [0.717, 1.165) is 11.3 Å². The topological polar surface area (TPSA) is 30.2 Å². The molecule has 0 saturated carbocycles. The fraction of sp³-hybridized carbons (Fsp3) is 0.222. The smallest absolute Gasteiger partial charge is 0.405 e. The van der Waals surface area contributed by atoms with E-state index in [1.54, 1.807) is 11.5 Å². The Morgan fingerprint density at radius 1 is 1.17 bits per heavy atom. The third-order valence-electron chi connectivity index (χ3n) is 3.14. The number of esters is 1. The van der Waals surface area contributed by atoms with E-state index in [0.29, 0.717) is 16.5 Å². The molecule has 3 nitrogen and oxygen atoms in total. The summed E-state index contributed by atoms with van der Waals surface area (Å²) in [6, 6.07) is 14.0. The van der Waals surface area contributed by atoms with Crippen molar-refractivity contribution in [3.63, 3.8) is 0 Å². The lowest BCUT2D eigenvalue weighted by molar-refractivity contribution is -0.578. The van der Waals surface area contributed by atoms with E-state index in [4.69, 9.17) is 4.74 Å². The quantitative estimate of drug-likeness (QED) is 0.373. The molecule has 0 saturated heterocycles. The number of thioether (sulfide) groups is 1. The van der Waals surface area contributed by atoms with E-state index in [1.807, 2.05) is 49.6 Å². The van der Waals surface area contributed by atoms with Crippen LogP contribution in [0, 0.1) is 6.92 Å². The number of aromatic nitrogens is 1. The van der Waals surface area contributed by atoms with Gasteiger partial charge in [-0.2, -0.15) is 4.57 Å². The van der Waals surface area contributed by atoms with Crippen LogP contribution >= 0.6 is 24.4 Å². The van der Waals surface area contributed by atoms with Gasteiger partial charge in [-0.05, 0) is 25.0 Å². The number of hydrogen-bond donors (Lipinski definition) is 1. The molecule has 1 aromatic carbocycles. The van der Waals surface area contributed by atoms with Gasteiger partial charge in [0.25, 0.3) is 0 Å². The standard InChI is InChI=1S/C18H19NO2S2/c1-3-21-17(20)16(19-11-9-14(2)10-12-19)18(22)23-13-15-7-5-4-6-8-15/h4-12H,3,13H2,1-2H3/p+1. The molecule has 1 heterocycles. The van der Waals surface area contributed by atoms with Gasteiger partial charge in [0.1, 0.15) is 4.24 Å². The molecular formula is C18H20NO2S2+. The summed E-state index contributed by atoms with van der Waals surface area (Å²) < 4.78 is 7.58. The number of thiol groups is 1. The van der Waals surface area contributed by atoms with Gasteiger partial charge < -0.3 is 4.74 Å². The Balaban J connectivity index is 2.26. The minimum Gasteiger partial charge on any atom is -0.458 e. The van der Waals surface area contributed by atoms with Gasteiger partial charge in [-0.15, -0.1) is 24.4 Å². The van der Waals surface area contributed by atoms with Gasteiger partial charge in [-0.1, -0.05) is 30.3 Å². The SMILES string of the molecule is CCOC(=O)/C(=C(/S)SCc1ccccc1)[n+]1ccc(C)cc1. The van der Waals surface area contributed by atoms with Crippen molar-refractivity contribution in [1.29, 1.82) is 0 Å². The Kier molecular flexibility index (Phi) is 6.74. The second kappa shape index (κ2) is 8.79. The Morgan fingerprint density at radius 2 is 1.83 bits per heavy atom. The van der Waals surface area contributed by atoms with Gasteiger partial charge >= 0.3 is 11.7 Å². The fourth-order valence-electron chi connectivity index (χ4n) is 1.95. The summed E-state index contributed by atoms with van der Waals surface area (Å²) in [4.78, 5) is 12.3. The van der Waals surface area contributed by atoms with E-state index in [1.165, 1.54) is 17.3 Å². The molecule has 0 radical (unpaired) electrons. The number of benzene rings is 1. The largest absolute Gasteiger partial charge is 0.458 e. The molecule has 0 amide bonds. The van der Waals surface area contributed by atoms with E-state index in [-0.39, 0.29) is 5.97 Å². The average molecular weight is 346 g/mol. The third-order valence-corrected chi connectivity index (χ3v) is 4.69. The van der Waals surface area contributed by atoms with Crippen LogP contribution in [0.5, 0.6) is 0 Å².